The van der Waals surface area contributed by atoms with Gasteiger partial charge in [-0.25, -0.2) is 9.98 Å². The molecule has 5 heteroatoms. The summed E-state index contributed by atoms with van der Waals surface area (Å²) < 4.78 is 1.59. The van der Waals surface area contributed by atoms with Crippen LogP contribution in [0.5, 0.6) is 0 Å². The number of nitrogens with zero attached hydrogens (tertiary/aromatic N) is 3. The number of allylic oxidation sites excluding steroid dienone is 4. The van der Waals surface area contributed by atoms with Gasteiger partial charge in [0.1, 0.15) is 6.04 Å². The van der Waals surface area contributed by atoms with Crippen LogP contribution in [0.2, 0.25) is 0 Å². The third-order valence-electron chi connectivity index (χ3n) is 3.24. The lowest BCUT2D eigenvalue weighted by Crippen LogP contribution is -2.29. The zero-order valence-electron chi connectivity index (χ0n) is 10.00. The van der Waals surface area contributed by atoms with E-state index in [9.17, 15) is 4.79 Å². The standard InChI is InChI=1S/C13H13N3O2/c1-8-9(6-7-17)12(18)16-11-5-3-2-4-10(11)15-13(16)14-8/h2-5,11,17H,6-7H2,1H3. The monoisotopic (exact) mass is 243 g/mol. The van der Waals surface area contributed by atoms with Crippen LogP contribution in [0.15, 0.2) is 34.1 Å². The van der Waals surface area contributed by atoms with E-state index in [4.69, 9.17) is 5.11 Å². The predicted molar refractivity (Wildman–Crippen MR) is 68.4 cm³/mol. The van der Waals surface area contributed by atoms with Crippen molar-refractivity contribution in [3.05, 3.63) is 45.9 Å². The van der Waals surface area contributed by atoms with Gasteiger partial charge in [0.15, 0.2) is 0 Å². The number of aliphatic hydroxyl groups excluding tert-OH is 1. The van der Waals surface area contributed by atoms with Crippen LogP contribution in [0, 0.1) is 6.92 Å². The molecular formula is C13H13N3O2. The number of rotatable bonds is 2. The highest BCUT2D eigenvalue weighted by Gasteiger charge is 2.28. The highest BCUT2D eigenvalue weighted by molar-refractivity contribution is 6.03. The van der Waals surface area contributed by atoms with E-state index >= 15 is 0 Å². The van der Waals surface area contributed by atoms with E-state index in [2.05, 4.69) is 9.98 Å². The van der Waals surface area contributed by atoms with Crippen molar-refractivity contribution >= 4 is 11.7 Å². The lowest BCUT2D eigenvalue weighted by Gasteiger charge is -2.14. The smallest absolute Gasteiger partial charge is 0.259 e. The fraction of sp³-hybridized carbons (Fsp3) is 0.308. The van der Waals surface area contributed by atoms with Crippen molar-refractivity contribution in [2.45, 2.75) is 19.4 Å². The fourth-order valence-corrected chi connectivity index (χ4v) is 2.35. The molecule has 2 aliphatic rings. The number of aromatic nitrogens is 2. The maximum atomic E-state index is 12.4. The van der Waals surface area contributed by atoms with Gasteiger partial charge < -0.3 is 5.11 Å². The summed E-state index contributed by atoms with van der Waals surface area (Å²) in [6, 6.07) is -0.150. The summed E-state index contributed by atoms with van der Waals surface area (Å²) in [5.41, 5.74) is 1.95. The van der Waals surface area contributed by atoms with Gasteiger partial charge in [-0.05, 0) is 13.0 Å². The number of aliphatic hydroxyl groups is 1. The summed E-state index contributed by atoms with van der Waals surface area (Å²) in [6.07, 6.45) is 7.94. The quantitative estimate of drug-likeness (QED) is 0.837. The summed E-state index contributed by atoms with van der Waals surface area (Å²) in [6.45, 7) is 1.73. The van der Waals surface area contributed by atoms with Gasteiger partial charge in [0.05, 0.1) is 11.4 Å². The van der Waals surface area contributed by atoms with Gasteiger partial charge in [0.2, 0.25) is 5.95 Å². The Labute approximate surface area is 104 Å². The first-order valence-electron chi connectivity index (χ1n) is 5.88. The topological polar surface area (TPSA) is 67.5 Å². The van der Waals surface area contributed by atoms with E-state index < -0.39 is 0 Å². The molecule has 3 rings (SSSR count). The van der Waals surface area contributed by atoms with Crippen LogP contribution in [-0.2, 0) is 6.42 Å². The Morgan fingerprint density at radius 1 is 1.44 bits per heavy atom. The van der Waals surface area contributed by atoms with Gasteiger partial charge in [-0.15, -0.1) is 0 Å². The molecule has 0 radical (unpaired) electrons. The lowest BCUT2D eigenvalue weighted by atomic mass is 10.1. The molecule has 0 saturated carbocycles. The van der Waals surface area contributed by atoms with Crippen molar-refractivity contribution in [3.63, 3.8) is 0 Å². The molecule has 5 nitrogen and oxygen atoms in total. The molecule has 1 aromatic heterocycles. The molecular weight excluding hydrogens is 230 g/mol. The van der Waals surface area contributed by atoms with E-state index in [1.807, 2.05) is 24.3 Å². The minimum atomic E-state index is -0.150. The van der Waals surface area contributed by atoms with Crippen molar-refractivity contribution in [2.75, 3.05) is 6.61 Å². The van der Waals surface area contributed by atoms with Gasteiger partial charge in [0, 0.05) is 18.6 Å². The van der Waals surface area contributed by atoms with E-state index in [0.717, 1.165) is 5.71 Å². The molecule has 92 valence electrons. The average molecular weight is 243 g/mol. The molecule has 1 aromatic rings. The Balaban J connectivity index is 2.21. The first-order chi connectivity index (χ1) is 8.72. The van der Waals surface area contributed by atoms with E-state index in [0.29, 0.717) is 23.6 Å². The highest BCUT2D eigenvalue weighted by atomic mass is 16.3. The van der Waals surface area contributed by atoms with Crippen molar-refractivity contribution in [1.82, 2.24) is 9.55 Å². The van der Waals surface area contributed by atoms with Gasteiger partial charge in [-0.1, -0.05) is 18.2 Å². The average Bonchev–Trinajstić information content (AvgIpc) is 2.72. The second-order valence-electron chi connectivity index (χ2n) is 4.35. The molecule has 1 atom stereocenters. The molecule has 0 fully saturated rings. The predicted octanol–water partition coefficient (Wildman–Crippen LogP) is 0.840. The second-order valence-corrected chi connectivity index (χ2v) is 4.35. The van der Waals surface area contributed by atoms with Gasteiger partial charge in [-0.3, -0.25) is 9.36 Å². The van der Waals surface area contributed by atoms with Crippen molar-refractivity contribution in [1.29, 1.82) is 0 Å². The molecule has 0 aromatic carbocycles. The third-order valence-corrected chi connectivity index (χ3v) is 3.24. The van der Waals surface area contributed by atoms with E-state index in [1.165, 1.54) is 0 Å². The zero-order chi connectivity index (χ0) is 12.7. The normalized spacial score (nSPS) is 19.7. The van der Waals surface area contributed by atoms with Gasteiger partial charge in [-0.2, -0.15) is 0 Å². The first-order valence-corrected chi connectivity index (χ1v) is 5.88. The van der Waals surface area contributed by atoms with Crippen LogP contribution in [0.3, 0.4) is 0 Å². The lowest BCUT2D eigenvalue weighted by molar-refractivity contribution is 0.298. The SMILES string of the molecule is Cc1nc2n(c(=O)c1CCO)C1C=CC=CC1=N2. The summed E-state index contributed by atoms with van der Waals surface area (Å²) in [5, 5.41) is 9.02. The first kappa shape index (κ1) is 11.1. The van der Waals surface area contributed by atoms with Crippen molar-refractivity contribution in [2.24, 2.45) is 4.99 Å². The maximum absolute atomic E-state index is 12.4. The van der Waals surface area contributed by atoms with Crippen LogP contribution in [0.4, 0.5) is 5.95 Å². The molecule has 18 heavy (non-hydrogen) atoms. The zero-order valence-corrected chi connectivity index (χ0v) is 10.00. The van der Waals surface area contributed by atoms with Crippen LogP contribution < -0.4 is 5.56 Å². The highest BCUT2D eigenvalue weighted by Crippen LogP contribution is 2.28. The Kier molecular flexibility index (Phi) is 2.48. The molecule has 0 spiro atoms. The number of hydrogen-bond acceptors (Lipinski definition) is 4. The van der Waals surface area contributed by atoms with E-state index in [-0.39, 0.29) is 18.2 Å². The Morgan fingerprint density at radius 3 is 3.06 bits per heavy atom. The van der Waals surface area contributed by atoms with Crippen LogP contribution in [0.25, 0.3) is 0 Å². The number of aliphatic imine (C=N–C) groups is 1. The summed E-state index contributed by atoms with van der Waals surface area (Å²) >= 11 is 0. The van der Waals surface area contributed by atoms with Crippen molar-refractivity contribution in [3.8, 4) is 0 Å². The van der Waals surface area contributed by atoms with Gasteiger partial charge in [0.25, 0.3) is 5.56 Å². The Bertz CT molecular complexity index is 653. The van der Waals surface area contributed by atoms with Crippen LogP contribution in [-0.4, -0.2) is 27.0 Å². The van der Waals surface area contributed by atoms with Crippen LogP contribution in [0.1, 0.15) is 17.3 Å². The molecule has 2 heterocycles. The van der Waals surface area contributed by atoms with Crippen LogP contribution >= 0.6 is 0 Å². The Morgan fingerprint density at radius 2 is 2.28 bits per heavy atom. The third kappa shape index (κ3) is 1.48. The molecule has 0 saturated heterocycles. The number of fused-ring (bicyclic) bond motifs is 3. The van der Waals surface area contributed by atoms with Crippen molar-refractivity contribution < 1.29 is 5.11 Å². The minimum Gasteiger partial charge on any atom is -0.396 e. The largest absolute Gasteiger partial charge is 0.396 e. The summed E-state index contributed by atoms with van der Waals surface area (Å²) in [7, 11) is 0. The van der Waals surface area contributed by atoms with E-state index in [1.54, 1.807) is 11.5 Å². The molecule has 1 N–H and O–H groups in total. The fourth-order valence-electron chi connectivity index (χ4n) is 2.35. The molecule has 0 amide bonds. The summed E-state index contributed by atoms with van der Waals surface area (Å²) in [4.78, 5) is 21.1. The number of aryl methyl sites for hydroxylation is 1. The number of hydrogen-bond donors (Lipinski definition) is 1. The molecule has 1 unspecified atom stereocenters. The molecule has 0 bridgehead atoms. The molecule has 1 aliphatic heterocycles. The van der Waals surface area contributed by atoms with Gasteiger partial charge >= 0.3 is 0 Å². The minimum absolute atomic E-state index is 0.0504. The summed E-state index contributed by atoms with van der Waals surface area (Å²) in [5.74, 6) is 0.454. The Hall–Kier alpha value is -2.01. The second kappa shape index (κ2) is 4.03. The maximum Gasteiger partial charge on any atom is 0.259 e. The molecule has 1 aliphatic carbocycles.